The van der Waals surface area contributed by atoms with Gasteiger partial charge in [-0.2, -0.15) is 0 Å². The Bertz CT molecular complexity index is 623. The summed E-state index contributed by atoms with van der Waals surface area (Å²) in [5.74, 6) is 0.175. The SMILES string of the molecule is CS(=O)(=O)Nc1ccccc1NC(=O)CC1C=CCC1. The molecule has 1 aliphatic rings. The van der Waals surface area contributed by atoms with Crippen molar-refractivity contribution < 1.29 is 13.2 Å². The van der Waals surface area contributed by atoms with Crippen LogP contribution in [0.25, 0.3) is 0 Å². The lowest BCUT2D eigenvalue weighted by Gasteiger charge is -2.13. The number of nitrogens with one attached hydrogen (secondary N) is 2. The number of para-hydroxylation sites is 2. The zero-order valence-corrected chi connectivity index (χ0v) is 12.1. The first-order valence-electron chi connectivity index (χ1n) is 6.47. The number of carbonyl (C=O) groups excluding carboxylic acids is 1. The predicted molar refractivity (Wildman–Crippen MR) is 80.0 cm³/mol. The van der Waals surface area contributed by atoms with Gasteiger partial charge in [0, 0.05) is 6.42 Å². The van der Waals surface area contributed by atoms with Gasteiger partial charge in [0.1, 0.15) is 0 Å². The molecule has 0 fully saturated rings. The second-order valence-electron chi connectivity index (χ2n) is 4.94. The first kappa shape index (κ1) is 14.6. The molecule has 0 heterocycles. The third-order valence-corrected chi connectivity index (χ3v) is 3.65. The fraction of sp³-hybridized carbons (Fsp3) is 0.357. The Hall–Kier alpha value is -1.82. The van der Waals surface area contributed by atoms with Crippen LogP contribution in [0.2, 0.25) is 0 Å². The largest absolute Gasteiger partial charge is 0.324 e. The van der Waals surface area contributed by atoms with Crippen molar-refractivity contribution >= 4 is 27.3 Å². The summed E-state index contributed by atoms with van der Waals surface area (Å²) in [6.07, 6.45) is 7.65. The van der Waals surface area contributed by atoms with Gasteiger partial charge in [-0.3, -0.25) is 9.52 Å². The molecule has 1 atom stereocenters. The minimum Gasteiger partial charge on any atom is -0.324 e. The highest BCUT2D eigenvalue weighted by Crippen LogP contribution is 2.24. The standard InChI is InChI=1S/C14H18N2O3S/c1-20(18,19)16-13-9-5-4-8-12(13)15-14(17)10-11-6-2-3-7-11/h2,4-6,8-9,11,16H,3,7,10H2,1H3,(H,15,17). The van der Waals surface area contributed by atoms with Crippen molar-refractivity contribution in [2.45, 2.75) is 19.3 Å². The zero-order valence-electron chi connectivity index (χ0n) is 11.3. The number of carbonyl (C=O) groups is 1. The van der Waals surface area contributed by atoms with Gasteiger partial charge in [-0.05, 0) is 30.9 Å². The number of rotatable bonds is 5. The lowest BCUT2D eigenvalue weighted by atomic mass is 10.1. The summed E-state index contributed by atoms with van der Waals surface area (Å²) in [6.45, 7) is 0. The molecule has 2 rings (SSSR count). The number of benzene rings is 1. The quantitative estimate of drug-likeness (QED) is 0.819. The molecular weight excluding hydrogens is 276 g/mol. The Balaban J connectivity index is 2.04. The Kier molecular flexibility index (Phi) is 4.44. The molecule has 0 saturated heterocycles. The Labute approximate surface area is 119 Å². The minimum absolute atomic E-state index is 0.107. The monoisotopic (exact) mass is 294 g/mol. The summed E-state index contributed by atoms with van der Waals surface area (Å²) in [5, 5.41) is 2.76. The van der Waals surface area contributed by atoms with Crippen LogP contribution < -0.4 is 10.0 Å². The summed E-state index contributed by atoms with van der Waals surface area (Å²) in [4.78, 5) is 12.0. The fourth-order valence-corrected chi connectivity index (χ4v) is 2.76. The molecule has 6 heteroatoms. The smallest absolute Gasteiger partial charge is 0.229 e. The molecule has 0 bridgehead atoms. The van der Waals surface area contributed by atoms with E-state index in [0.717, 1.165) is 19.1 Å². The summed E-state index contributed by atoms with van der Waals surface area (Å²) in [6, 6.07) is 6.75. The molecule has 1 amide bonds. The molecule has 0 aromatic heterocycles. The van der Waals surface area contributed by atoms with Crippen molar-refractivity contribution in [1.29, 1.82) is 0 Å². The predicted octanol–water partition coefficient (Wildman–Crippen LogP) is 2.35. The highest BCUT2D eigenvalue weighted by Gasteiger charge is 2.15. The summed E-state index contributed by atoms with van der Waals surface area (Å²) in [5.41, 5.74) is 0.857. The van der Waals surface area contributed by atoms with Crippen molar-refractivity contribution in [2.24, 2.45) is 5.92 Å². The van der Waals surface area contributed by atoms with E-state index in [0.29, 0.717) is 17.8 Å². The van der Waals surface area contributed by atoms with Gasteiger partial charge in [-0.15, -0.1) is 0 Å². The average Bonchev–Trinajstić information content (AvgIpc) is 2.82. The van der Waals surface area contributed by atoms with Gasteiger partial charge in [0.05, 0.1) is 17.6 Å². The summed E-state index contributed by atoms with van der Waals surface area (Å²) in [7, 11) is -3.37. The molecule has 1 aliphatic carbocycles. The van der Waals surface area contributed by atoms with Gasteiger partial charge in [0.2, 0.25) is 15.9 Å². The van der Waals surface area contributed by atoms with E-state index in [4.69, 9.17) is 0 Å². The van der Waals surface area contributed by atoms with Gasteiger partial charge in [0.15, 0.2) is 0 Å². The molecule has 108 valence electrons. The Morgan fingerprint density at radius 1 is 1.30 bits per heavy atom. The molecule has 0 saturated carbocycles. The third kappa shape index (κ3) is 4.38. The number of hydrogen-bond acceptors (Lipinski definition) is 3. The molecule has 20 heavy (non-hydrogen) atoms. The van der Waals surface area contributed by atoms with Gasteiger partial charge >= 0.3 is 0 Å². The Morgan fingerprint density at radius 3 is 2.60 bits per heavy atom. The first-order valence-corrected chi connectivity index (χ1v) is 8.36. The molecule has 5 nitrogen and oxygen atoms in total. The average molecular weight is 294 g/mol. The highest BCUT2D eigenvalue weighted by atomic mass is 32.2. The molecule has 0 radical (unpaired) electrons. The minimum atomic E-state index is -3.37. The van der Waals surface area contributed by atoms with Crippen molar-refractivity contribution in [3.05, 3.63) is 36.4 Å². The van der Waals surface area contributed by atoms with E-state index >= 15 is 0 Å². The van der Waals surface area contributed by atoms with Crippen LogP contribution in [0.5, 0.6) is 0 Å². The lowest BCUT2D eigenvalue weighted by Crippen LogP contribution is -2.17. The molecule has 0 aliphatic heterocycles. The zero-order chi connectivity index (χ0) is 14.6. The highest BCUT2D eigenvalue weighted by molar-refractivity contribution is 7.92. The maximum absolute atomic E-state index is 12.0. The number of allylic oxidation sites excluding steroid dienone is 2. The van der Waals surface area contributed by atoms with Crippen molar-refractivity contribution in [3.8, 4) is 0 Å². The maximum Gasteiger partial charge on any atom is 0.229 e. The van der Waals surface area contributed by atoms with Crippen LogP contribution in [0.15, 0.2) is 36.4 Å². The van der Waals surface area contributed by atoms with Crippen LogP contribution in [-0.2, 0) is 14.8 Å². The van der Waals surface area contributed by atoms with E-state index in [1.165, 1.54) is 0 Å². The topological polar surface area (TPSA) is 75.3 Å². The maximum atomic E-state index is 12.0. The van der Waals surface area contributed by atoms with Gasteiger partial charge in [0.25, 0.3) is 0 Å². The number of sulfonamides is 1. The van der Waals surface area contributed by atoms with Crippen LogP contribution in [0.4, 0.5) is 11.4 Å². The first-order chi connectivity index (χ1) is 9.44. The molecule has 1 aromatic carbocycles. The van der Waals surface area contributed by atoms with E-state index in [1.807, 2.05) is 0 Å². The van der Waals surface area contributed by atoms with Crippen LogP contribution in [-0.4, -0.2) is 20.6 Å². The number of amides is 1. The van der Waals surface area contributed by atoms with Crippen LogP contribution in [0.3, 0.4) is 0 Å². The normalized spacial score (nSPS) is 17.9. The second kappa shape index (κ2) is 6.09. The lowest BCUT2D eigenvalue weighted by molar-refractivity contribution is -0.116. The van der Waals surface area contributed by atoms with E-state index in [9.17, 15) is 13.2 Å². The molecular formula is C14H18N2O3S. The number of hydrogen-bond donors (Lipinski definition) is 2. The molecule has 0 spiro atoms. The van der Waals surface area contributed by atoms with Gasteiger partial charge < -0.3 is 5.32 Å². The summed E-state index contributed by atoms with van der Waals surface area (Å²) < 4.78 is 25.0. The van der Waals surface area contributed by atoms with Crippen LogP contribution in [0, 0.1) is 5.92 Å². The van der Waals surface area contributed by atoms with Crippen molar-refractivity contribution in [2.75, 3.05) is 16.3 Å². The third-order valence-electron chi connectivity index (χ3n) is 3.06. The van der Waals surface area contributed by atoms with Crippen molar-refractivity contribution in [1.82, 2.24) is 0 Å². The van der Waals surface area contributed by atoms with Crippen LogP contribution in [0.1, 0.15) is 19.3 Å². The van der Waals surface area contributed by atoms with Crippen LogP contribution >= 0.6 is 0 Å². The van der Waals surface area contributed by atoms with E-state index in [2.05, 4.69) is 22.2 Å². The molecule has 1 aromatic rings. The summed E-state index contributed by atoms with van der Waals surface area (Å²) >= 11 is 0. The molecule has 2 N–H and O–H groups in total. The van der Waals surface area contributed by atoms with E-state index in [-0.39, 0.29) is 11.8 Å². The Morgan fingerprint density at radius 2 is 2.00 bits per heavy atom. The fourth-order valence-electron chi connectivity index (χ4n) is 2.19. The van der Waals surface area contributed by atoms with Gasteiger partial charge in [-0.25, -0.2) is 8.42 Å². The second-order valence-corrected chi connectivity index (χ2v) is 6.69. The number of anilines is 2. The van der Waals surface area contributed by atoms with E-state index in [1.54, 1.807) is 24.3 Å². The molecule has 1 unspecified atom stereocenters. The van der Waals surface area contributed by atoms with E-state index < -0.39 is 10.0 Å². The van der Waals surface area contributed by atoms with Crippen molar-refractivity contribution in [3.63, 3.8) is 0 Å². The van der Waals surface area contributed by atoms with Gasteiger partial charge in [-0.1, -0.05) is 24.3 Å².